The molecule has 0 spiro atoms. The van der Waals surface area contributed by atoms with Crippen molar-refractivity contribution < 1.29 is 14.3 Å². The van der Waals surface area contributed by atoms with Crippen LogP contribution in [0.4, 0.5) is 0 Å². The molecule has 29 heavy (non-hydrogen) atoms. The second kappa shape index (κ2) is 10.2. The first-order chi connectivity index (χ1) is 14.1. The van der Waals surface area contributed by atoms with Gasteiger partial charge in [-0.15, -0.1) is 0 Å². The van der Waals surface area contributed by atoms with E-state index in [1.165, 1.54) is 0 Å². The highest BCUT2D eigenvalue weighted by molar-refractivity contribution is 6.35. The van der Waals surface area contributed by atoms with Gasteiger partial charge in [0.1, 0.15) is 18.1 Å². The van der Waals surface area contributed by atoms with E-state index in [-0.39, 0.29) is 5.91 Å². The Morgan fingerprint density at radius 2 is 1.72 bits per heavy atom. The number of amides is 1. The Balaban J connectivity index is 1.71. The van der Waals surface area contributed by atoms with Crippen LogP contribution >= 0.6 is 23.2 Å². The molecule has 0 saturated carbocycles. The minimum absolute atomic E-state index is 0.208. The van der Waals surface area contributed by atoms with E-state index < -0.39 is 0 Å². The normalized spacial score (nSPS) is 10.4. The monoisotopic (exact) mass is 429 g/mol. The molecule has 1 amide bonds. The largest absolute Gasteiger partial charge is 0.493 e. The molecule has 0 saturated heterocycles. The number of hydrogen-bond acceptors (Lipinski definition) is 3. The maximum absolute atomic E-state index is 12.6. The molecule has 0 aliphatic heterocycles. The van der Waals surface area contributed by atoms with Crippen LogP contribution in [0.2, 0.25) is 10.0 Å². The Labute approximate surface area is 180 Å². The molecule has 0 fully saturated rings. The van der Waals surface area contributed by atoms with Crippen LogP contribution in [0.5, 0.6) is 11.5 Å². The topological polar surface area (TPSA) is 47.6 Å². The van der Waals surface area contributed by atoms with Crippen LogP contribution in [-0.4, -0.2) is 12.5 Å². The van der Waals surface area contributed by atoms with Gasteiger partial charge in [0.15, 0.2) is 0 Å². The number of halogens is 2. The van der Waals surface area contributed by atoms with Gasteiger partial charge < -0.3 is 14.8 Å². The van der Waals surface area contributed by atoms with E-state index in [1.807, 2.05) is 37.3 Å². The molecule has 6 heteroatoms. The molecular formula is C23H21Cl2NO3. The fourth-order valence-corrected chi connectivity index (χ4v) is 3.23. The van der Waals surface area contributed by atoms with E-state index in [2.05, 4.69) is 5.32 Å². The van der Waals surface area contributed by atoms with E-state index in [4.69, 9.17) is 32.7 Å². The minimum Gasteiger partial charge on any atom is -0.493 e. The van der Waals surface area contributed by atoms with E-state index in [9.17, 15) is 4.79 Å². The van der Waals surface area contributed by atoms with Crippen LogP contribution in [0.3, 0.4) is 0 Å². The molecule has 0 aromatic heterocycles. The van der Waals surface area contributed by atoms with Gasteiger partial charge in [-0.25, -0.2) is 0 Å². The Hall–Kier alpha value is -2.69. The zero-order valence-electron chi connectivity index (χ0n) is 16.0. The van der Waals surface area contributed by atoms with E-state index in [0.29, 0.717) is 41.1 Å². The fraction of sp³-hybridized carbons (Fsp3) is 0.174. The van der Waals surface area contributed by atoms with Crippen LogP contribution in [0.25, 0.3) is 0 Å². The lowest BCUT2D eigenvalue weighted by atomic mass is 10.1. The molecule has 0 bridgehead atoms. The third-order valence-electron chi connectivity index (χ3n) is 4.21. The summed E-state index contributed by atoms with van der Waals surface area (Å²) in [6, 6.07) is 20.0. The van der Waals surface area contributed by atoms with Gasteiger partial charge in [0.2, 0.25) is 0 Å². The maximum Gasteiger partial charge on any atom is 0.251 e. The first-order valence-corrected chi connectivity index (χ1v) is 9.98. The molecular weight excluding hydrogens is 409 g/mol. The van der Waals surface area contributed by atoms with Crippen molar-refractivity contribution in [3.8, 4) is 11.5 Å². The average Bonchev–Trinajstić information content (AvgIpc) is 2.73. The second-order valence-electron chi connectivity index (χ2n) is 6.28. The summed E-state index contributed by atoms with van der Waals surface area (Å²) in [5.41, 5.74) is 2.11. The number of carbonyl (C=O) groups excluding carboxylic acids is 1. The van der Waals surface area contributed by atoms with Crippen LogP contribution < -0.4 is 14.8 Å². The predicted octanol–water partition coefficient (Wildman–Crippen LogP) is 5.90. The Morgan fingerprint density at radius 1 is 0.931 bits per heavy atom. The number of ether oxygens (including phenoxy) is 2. The van der Waals surface area contributed by atoms with Gasteiger partial charge in [0.25, 0.3) is 5.91 Å². The minimum atomic E-state index is -0.208. The van der Waals surface area contributed by atoms with Gasteiger partial charge >= 0.3 is 0 Å². The number of hydrogen-bond donors (Lipinski definition) is 1. The molecule has 0 heterocycles. The average molecular weight is 430 g/mol. The lowest BCUT2D eigenvalue weighted by Gasteiger charge is -2.14. The van der Waals surface area contributed by atoms with Crippen molar-refractivity contribution in [1.29, 1.82) is 0 Å². The summed E-state index contributed by atoms with van der Waals surface area (Å²) in [6.45, 7) is 3.04. The van der Waals surface area contributed by atoms with Crippen LogP contribution in [0, 0.1) is 0 Å². The van der Waals surface area contributed by atoms with Gasteiger partial charge in [0, 0.05) is 27.7 Å². The molecule has 3 aromatic carbocycles. The third kappa shape index (κ3) is 5.89. The van der Waals surface area contributed by atoms with E-state index in [0.717, 1.165) is 16.9 Å². The summed E-state index contributed by atoms with van der Waals surface area (Å²) in [4.78, 5) is 12.6. The Bertz CT molecular complexity index is 977. The van der Waals surface area contributed by atoms with Crippen LogP contribution in [-0.2, 0) is 13.2 Å². The number of carbonyl (C=O) groups is 1. The maximum atomic E-state index is 12.6. The lowest BCUT2D eigenvalue weighted by molar-refractivity contribution is 0.0950. The summed E-state index contributed by atoms with van der Waals surface area (Å²) in [6.07, 6.45) is 0. The molecule has 0 radical (unpaired) electrons. The molecule has 1 N–H and O–H groups in total. The van der Waals surface area contributed by atoms with E-state index in [1.54, 1.807) is 36.4 Å². The highest BCUT2D eigenvalue weighted by atomic mass is 35.5. The Kier molecular flexibility index (Phi) is 7.39. The fourth-order valence-electron chi connectivity index (χ4n) is 2.75. The molecule has 0 unspecified atom stereocenters. The van der Waals surface area contributed by atoms with E-state index >= 15 is 0 Å². The smallest absolute Gasteiger partial charge is 0.251 e. The molecule has 4 nitrogen and oxygen atoms in total. The summed E-state index contributed by atoms with van der Waals surface area (Å²) in [7, 11) is 0. The quantitative estimate of drug-likeness (QED) is 0.484. The van der Waals surface area contributed by atoms with Gasteiger partial charge in [-0.2, -0.15) is 0 Å². The van der Waals surface area contributed by atoms with Crippen molar-refractivity contribution in [2.45, 2.75) is 20.1 Å². The SMILES string of the molecule is CCOc1ccc(C(=O)NCc2ccc(Cl)cc2Cl)cc1COc1ccccc1. The van der Waals surface area contributed by atoms with Crippen molar-refractivity contribution in [2.75, 3.05) is 6.61 Å². The zero-order valence-corrected chi connectivity index (χ0v) is 17.5. The van der Waals surface area contributed by atoms with Crippen molar-refractivity contribution in [3.63, 3.8) is 0 Å². The van der Waals surface area contributed by atoms with Crippen molar-refractivity contribution in [1.82, 2.24) is 5.32 Å². The van der Waals surface area contributed by atoms with Gasteiger partial charge in [0.05, 0.1) is 6.61 Å². The summed E-state index contributed by atoms with van der Waals surface area (Å²) >= 11 is 12.1. The molecule has 0 aliphatic carbocycles. The summed E-state index contributed by atoms with van der Waals surface area (Å²) in [5, 5.41) is 3.95. The Morgan fingerprint density at radius 3 is 2.45 bits per heavy atom. The van der Waals surface area contributed by atoms with Crippen molar-refractivity contribution >= 4 is 29.1 Å². The first kappa shape index (κ1) is 21.0. The molecule has 0 atom stereocenters. The molecule has 0 aliphatic rings. The molecule has 3 rings (SSSR count). The molecule has 150 valence electrons. The van der Waals surface area contributed by atoms with Gasteiger partial charge in [-0.1, -0.05) is 47.5 Å². The highest BCUT2D eigenvalue weighted by Gasteiger charge is 2.12. The van der Waals surface area contributed by atoms with Crippen molar-refractivity contribution in [3.05, 3.63) is 93.5 Å². The van der Waals surface area contributed by atoms with Crippen LogP contribution in [0.15, 0.2) is 66.7 Å². The van der Waals surface area contributed by atoms with Crippen LogP contribution in [0.1, 0.15) is 28.4 Å². The first-order valence-electron chi connectivity index (χ1n) is 9.22. The highest BCUT2D eigenvalue weighted by Crippen LogP contribution is 2.24. The van der Waals surface area contributed by atoms with Crippen molar-refractivity contribution in [2.24, 2.45) is 0 Å². The summed E-state index contributed by atoms with van der Waals surface area (Å²) in [5.74, 6) is 1.24. The second-order valence-corrected chi connectivity index (χ2v) is 7.12. The zero-order chi connectivity index (χ0) is 20.6. The number of benzene rings is 3. The standard InChI is InChI=1S/C23H21Cl2NO3/c1-2-28-22-11-9-16(12-18(22)15-29-20-6-4-3-5-7-20)23(27)26-14-17-8-10-19(24)13-21(17)25/h3-13H,2,14-15H2,1H3,(H,26,27). The number of rotatable bonds is 8. The predicted molar refractivity (Wildman–Crippen MR) is 116 cm³/mol. The third-order valence-corrected chi connectivity index (χ3v) is 4.80. The van der Waals surface area contributed by atoms with Gasteiger partial charge in [-0.3, -0.25) is 4.79 Å². The molecule has 3 aromatic rings. The lowest BCUT2D eigenvalue weighted by Crippen LogP contribution is -2.23. The number of nitrogens with one attached hydrogen (secondary N) is 1. The summed E-state index contributed by atoms with van der Waals surface area (Å²) < 4.78 is 11.5. The van der Waals surface area contributed by atoms with Gasteiger partial charge in [-0.05, 0) is 55.0 Å². The number of para-hydroxylation sites is 1.